The molecule has 0 saturated heterocycles. The third-order valence-electron chi connectivity index (χ3n) is 2.31. The third-order valence-corrected chi connectivity index (χ3v) is 2.75. The van der Waals surface area contributed by atoms with E-state index in [4.69, 9.17) is 0 Å². The van der Waals surface area contributed by atoms with E-state index in [0.29, 0.717) is 6.04 Å². The van der Waals surface area contributed by atoms with E-state index >= 15 is 0 Å². The summed E-state index contributed by atoms with van der Waals surface area (Å²) in [5.41, 5.74) is 2.45. The quantitative estimate of drug-likeness (QED) is 0.907. The van der Waals surface area contributed by atoms with Gasteiger partial charge in [0, 0.05) is 22.9 Å². The molecule has 0 amide bonds. The normalized spacial score (nSPS) is 14.0. The van der Waals surface area contributed by atoms with Crippen molar-refractivity contribution >= 4 is 22.0 Å². The van der Waals surface area contributed by atoms with Crippen molar-refractivity contribution in [2.24, 2.45) is 0 Å². The van der Waals surface area contributed by atoms with Crippen molar-refractivity contribution < 1.29 is 0 Å². The lowest BCUT2D eigenvalue weighted by Crippen LogP contribution is -2.26. The summed E-state index contributed by atoms with van der Waals surface area (Å²) in [4.78, 5) is 4.13. The Morgan fingerprint density at radius 2 is 2.33 bits per heavy atom. The molecule has 0 spiro atoms. The highest BCUT2D eigenvalue weighted by molar-refractivity contribution is 9.10. The fourth-order valence-corrected chi connectivity index (χ4v) is 1.74. The van der Waals surface area contributed by atoms with Crippen LogP contribution in [0.25, 0.3) is 6.08 Å². The van der Waals surface area contributed by atoms with E-state index in [2.05, 4.69) is 59.1 Å². The summed E-state index contributed by atoms with van der Waals surface area (Å²) in [6.45, 7) is 7.41. The van der Waals surface area contributed by atoms with E-state index in [9.17, 15) is 0 Å². The second kappa shape index (κ2) is 6.03. The zero-order valence-electron chi connectivity index (χ0n) is 9.42. The zero-order valence-corrected chi connectivity index (χ0v) is 11.0. The van der Waals surface area contributed by atoms with Gasteiger partial charge in [-0.15, -0.1) is 0 Å². The molecular formula is C12H17BrN2. The highest BCUT2D eigenvalue weighted by atomic mass is 79.9. The molecule has 1 atom stereocenters. The number of halogens is 1. The minimum Gasteiger partial charge on any atom is -0.311 e. The standard InChI is InChI=1S/C12H17BrN2/c1-4-15-10(3)9(2)5-11-6-12(13)8-14-7-11/h5-8,10,15H,4H2,1-3H3/b9-5+. The molecule has 1 rings (SSSR count). The molecule has 1 aromatic rings. The molecule has 0 aliphatic rings. The van der Waals surface area contributed by atoms with Crippen LogP contribution >= 0.6 is 15.9 Å². The van der Waals surface area contributed by atoms with Crippen molar-refractivity contribution in [2.75, 3.05) is 6.54 Å². The Bertz CT molecular complexity index is 347. The number of rotatable bonds is 4. The lowest BCUT2D eigenvalue weighted by atomic mass is 10.1. The molecular weight excluding hydrogens is 252 g/mol. The second-order valence-electron chi connectivity index (χ2n) is 3.60. The molecule has 0 aromatic carbocycles. The fourth-order valence-electron chi connectivity index (χ4n) is 1.36. The van der Waals surface area contributed by atoms with Crippen molar-refractivity contribution in [3.8, 4) is 0 Å². The SMILES string of the molecule is CCNC(C)/C(C)=C/c1cncc(Br)c1. The summed E-state index contributed by atoms with van der Waals surface area (Å²) in [7, 11) is 0. The summed E-state index contributed by atoms with van der Waals surface area (Å²) >= 11 is 3.41. The maximum absolute atomic E-state index is 4.13. The van der Waals surface area contributed by atoms with Gasteiger partial charge < -0.3 is 5.32 Å². The third kappa shape index (κ3) is 4.14. The van der Waals surface area contributed by atoms with Crippen molar-refractivity contribution in [2.45, 2.75) is 26.8 Å². The van der Waals surface area contributed by atoms with Gasteiger partial charge in [0.15, 0.2) is 0 Å². The lowest BCUT2D eigenvalue weighted by molar-refractivity contribution is 0.636. The first-order chi connectivity index (χ1) is 7.13. The van der Waals surface area contributed by atoms with Gasteiger partial charge >= 0.3 is 0 Å². The number of nitrogens with zero attached hydrogens (tertiary/aromatic N) is 1. The Labute approximate surface area is 99.9 Å². The van der Waals surface area contributed by atoms with E-state index in [0.717, 1.165) is 16.6 Å². The molecule has 15 heavy (non-hydrogen) atoms. The number of aromatic nitrogens is 1. The van der Waals surface area contributed by atoms with Gasteiger partial charge in [-0.3, -0.25) is 4.98 Å². The van der Waals surface area contributed by atoms with Gasteiger partial charge in [-0.25, -0.2) is 0 Å². The average Bonchev–Trinajstić information content (AvgIpc) is 2.18. The van der Waals surface area contributed by atoms with Crippen LogP contribution < -0.4 is 5.32 Å². The van der Waals surface area contributed by atoms with Crippen LogP contribution in [-0.4, -0.2) is 17.6 Å². The number of likely N-dealkylation sites (N-methyl/N-ethyl adjacent to an activating group) is 1. The molecule has 1 aromatic heterocycles. The lowest BCUT2D eigenvalue weighted by Gasteiger charge is -2.12. The Kier molecular flexibility index (Phi) is 4.99. The van der Waals surface area contributed by atoms with Crippen LogP contribution in [0.5, 0.6) is 0 Å². The van der Waals surface area contributed by atoms with E-state index in [-0.39, 0.29) is 0 Å². The van der Waals surface area contributed by atoms with Gasteiger partial charge in [0.1, 0.15) is 0 Å². The number of pyridine rings is 1. The predicted molar refractivity (Wildman–Crippen MR) is 68.7 cm³/mol. The average molecular weight is 269 g/mol. The molecule has 82 valence electrons. The predicted octanol–water partition coefficient (Wildman–Crippen LogP) is 3.25. The summed E-state index contributed by atoms with van der Waals surface area (Å²) in [5, 5.41) is 3.38. The molecule has 0 fully saturated rings. The van der Waals surface area contributed by atoms with Gasteiger partial charge in [-0.1, -0.05) is 18.6 Å². The minimum atomic E-state index is 0.411. The molecule has 0 bridgehead atoms. The highest BCUT2D eigenvalue weighted by Gasteiger charge is 2.01. The minimum absolute atomic E-state index is 0.411. The molecule has 0 aliphatic carbocycles. The molecule has 0 aliphatic heterocycles. The first-order valence-corrected chi connectivity index (χ1v) is 5.95. The van der Waals surface area contributed by atoms with Crippen molar-refractivity contribution in [1.29, 1.82) is 0 Å². The Morgan fingerprint density at radius 1 is 1.60 bits per heavy atom. The van der Waals surface area contributed by atoms with Gasteiger partial charge in [-0.2, -0.15) is 0 Å². The largest absolute Gasteiger partial charge is 0.311 e. The topological polar surface area (TPSA) is 24.9 Å². The van der Waals surface area contributed by atoms with Crippen LogP contribution in [0.15, 0.2) is 28.5 Å². The van der Waals surface area contributed by atoms with Crippen LogP contribution in [0.1, 0.15) is 26.3 Å². The van der Waals surface area contributed by atoms with E-state index < -0.39 is 0 Å². The van der Waals surface area contributed by atoms with Crippen LogP contribution in [-0.2, 0) is 0 Å². The maximum Gasteiger partial charge on any atom is 0.0410 e. The molecule has 2 nitrogen and oxygen atoms in total. The van der Waals surface area contributed by atoms with Crippen LogP contribution in [0.4, 0.5) is 0 Å². The van der Waals surface area contributed by atoms with Gasteiger partial charge in [-0.05, 0) is 48.0 Å². The number of hydrogen-bond donors (Lipinski definition) is 1. The molecule has 1 N–H and O–H groups in total. The molecule has 3 heteroatoms. The van der Waals surface area contributed by atoms with E-state index in [1.165, 1.54) is 5.57 Å². The second-order valence-corrected chi connectivity index (χ2v) is 4.52. The Hall–Kier alpha value is -0.670. The molecule has 0 radical (unpaired) electrons. The summed E-state index contributed by atoms with van der Waals surface area (Å²) < 4.78 is 1.01. The van der Waals surface area contributed by atoms with Gasteiger partial charge in [0.05, 0.1) is 0 Å². The van der Waals surface area contributed by atoms with Crippen molar-refractivity contribution in [3.05, 3.63) is 34.1 Å². The summed E-state index contributed by atoms with van der Waals surface area (Å²) in [6, 6.07) is 2.48. The number of nitrogens with one attached hydrogen (secondary N) is 1. The van der Waals surface area contributed by atoms with Crippen LogP contribution in [0.3, 0.4) is 0 Å². The summed E-state index contributed by atoms with van der Waals surface area (Å²) in [5.74, 6) is 0. The first kappa shape index (κ1) is 12.4. The fraction of sp³-hybridized carbons (Fsp3) is 0.417. The van der Waals surface area contributed by atoms with Crippen LogP contribution in [0, 0.1) is 0 Å². The Morgan fingerprint density at radius 3 is 2.93 bits per heavy atom. The maximum atomic E-state index is 4.13. The van der Waals surface area contributed by atoms with E-state index in [1.54, 1.807) is 6.20 Å². The first-order valence-electron chi connectivity index (χ1n) is 5.15. The van der Waals surface area contributed by atoms with Gasteiger partial charge in [0.2, 0.25) is 0 Å². The van der Waals surface area contributed by atoms with Crippen LogP contribution in [0.2, 0.25) is 0 Å². The molecule has 1 unspecified atom stereocenters. The smallest absolute Gasteiger partial charge is 0.0410 e. The van der Waals surface area contributed by atoms with Gasteiger partial charge in [0.25, 0.3) is 0 Å². The monoisotopic (exact) mass is 268 g/mol. The zero-order chi connectivity index (χ0) is 11.3. The highest BCUT2D eigenvalue weighted by Crippen LogP contribution is 2.13. The molecule has 1 heterocycles. The number of hydrogen-bond acceptors (Lipinski definition) is 2. The summed E-state index contributed by atoms with van der Waals surface area (Å²) in [6.07, 6.45) is 5.82. The van der Waals surface area contributed by atoms with E-state index in [1.807, 2.05) is 6.20 Å². The molecule has 0 saturated carbocycles. The van der Waals surface area contributed by atoms with Crippen molar-refractivity contribution in [3.63, 3.8) is 0 Å². The van der Waals surface area contributed by atoms with Crippen molar-refractivity contribution in [1.82, 2.24) is 10.3 Å². The Balaban J connectivity index is 2.78.